The fraction of sp³-hybridized carbons (Fsp3) is 0.769. The number of carbonyl (C=O) groups excluding carboxylic acids is 1. The molecule has 0 aromatic rings. The predicted molar refractivity (Wildman–Crippen MR) is 68.8 cm³/mol. The number of nitrogens with one attached hydrogen (secondary N) is 1. The quantitative estimate of drug-likeness (QED) is 0.718. The van der Waals surface area contributed by atoms with Crippen molar-refractivity contribution in [2.24, 2.45) is 5.92 Å². The van der Waals surface area contributed by atoms with E-state index >= 15 is 0 Å². The molecule has 2 saturated heterocycles. The van der Waals surface area contributed by atoms with E-state index in [0.29, 0.717) is 5.92 Å². The number of amides is 1. The molecule has 0 bridgehead atoms. The lowest BCUT2D eigenvalue weighted by Gasteiger charge is -2.26. The zero-order valence-electron chi connectivity index (χ0n) is 11.1. The summed E-state index contributed by atoms with van der Waals surface area (Å²) in [5, 5.41) is 3.18. The van der Waals surface area contributed by atoms with Gasteiger partial charge in [-0.1, -0.05) is 0 Å². The first-order valence-corrected chi connectivity index (χ1v) is 6.41. The highest BCUT2D eigenvalue weighted by atomic mass is 16.2. The lowest BCUT2D eigenvalue weighted by Crippen LogP contribution is -2.39. The summed E-state index contributed by atoms with van der Waals surface area (Å²) in [6.45, 7) is 6.90. The molecule has 0 spiro atoms. The normalized spacial score (nSPS) is 24.6. The number of hydrogen-bond donors (Lipinski definition) is 1. The second-order valence-corrected chi connectivity index (χ2v) is 5.43. The zero-order valence-corrected chi connectivity index (χ0v) is 11.1. The Kier molecular flexibility index (Phi) is 3.84. The van der Waals surface area contributed by atoms with E-state index < -0.39 is 0 Å². The Morgan fingerprint density at radius 2 is 2.24 bits per heavy atom. The Bertz CT molecular complexity index is 332. The van der Waals surface area contributed by atoms with Crippen LogP contribution in [-0.4, -0.2) is 62.5 Å². The summed E-state index contributed by atoms with van der Waals surface area (Å²) in [4.78, 5) is 16.4. The topological polar surface area (TPSA) is 35.6 Å². The van der Waals surface area contributed by atoms with Gasteiger partial charge in [0.25, 0.3) is 0 Å². The monoisotopic (exact) mass is 237 g/mol. The van der Waals surface area contributed by atoms with Crippen molar-refractivity contribution < 1.29 is 4.79 Å². The van der Waals surface area contributed by atoms with Crippen molar-refractivity contribution in [2.75, 3.05) is 46.8 Å². The van der Waals surface area contributed by atoms with E-state index in [4.69, 9.17) is 0 Å². The number of rotatable bonds is 3. The largest absolute Gasteiger partial charge is 0.342 e. The van der Waals surface area contributed by atoms with Gasteiger partial charge in [-0.3, -0.25) is 4.79 Å². The highest BCUT2D eigenvalue weighted by Crippen LogP contribution is 2.17. The van der Waals surface area contributed by atoms with Crippen LogP contribution in [0.2, 0.25) is 0 Å². The molecule has 4 heteroatoms. The number of carbonyl (C=O) groups is 1. The third-order valence-electron chi connectivity index (χ3n) is 3.90. The molecular formula is C13H23N3O. The summed E-state index contributed by atoms with van der Waals surface area (Å²) >= 11 is 0. The molecule has 17 heavy (non-hydrogen) atoms. The van der Waals surface area contributed by atoms with E-state index in [2.05, 4.69) is 17.3 Å². The summed E-state index contributed by atoms with van der Waals surface area (Å²) < 4.78 is 0. The molecule has 0 aliphatic carbocycles. The van der Waals surface area contributed by atoms with Gasteiger partial charge in [0.15, 0.2) is 0 Å². The minimum atomic E-state index is 0.205. The number of hydrogen-bond acceptors (Lipinski definition) is 3. The van der Waals surface area contributed by atoms with Crippen LogP contribution in [0.5, 0.6) is 0 Å². The van der Waals surface area contributed by atoms with E-state index in [0.717, 1.165) is 38.3 Å². The molecular weight excluding hydrogens is 214 g/mol. The smallest absolute Gasteiger partial charge is 0.249 e. The van der Waals surface area contributed by atoms with Crippen LogP contribution in [0, 0.1) is 5.92 Å². The molecule has 2 aliphatic heterocycles. The van der Waals surface area contributed by atoms with Crippen molar-refractivity contribution in [3.05, 3.63) is 11.1 Å². The van der Waals surface area contributed by atoms with E-state index in [-0.39, 0.29) is 5.91 Å². The molecule has 2 rings (SSSR count). The van der Waals surface area contributed by atoms with Crippen LogP contribution in [0.1, 0.15) is 13.3 Å². The van der Waals surface area contributed by atoms with Crippen molar-refractivity contribution in [3.8, 4) is 0 Å². The van der Waals surface area contributed by atoms with Crippen molar-refractivity contribution >= 4 is 5.91 Å². The van der Waals surface area contributed by atoms with Gasteiger partial charge in [0.05, 0.1) is 0 Å². The summed E-state index contributed by atoms with van der Waals surface area (Å²) in [7, 11) is 4.08. The van der Waals surface area contributed by atoms with Crippen LogP contribution >= 0.6 is 0 Å². The van der Waals surface area contributed by atoms with Crippen LogP contribution in [0.3, 0.4) is 0 Å². The first-order chi connectivity index (χ1) is 8.08. The maximum atomic E-state index is 12.2. The first-order valence-electron chi connectivity index (χ1n) is 6.41. The Morgan fingerprint density at radius 1 is 1.53 bits per heavy atom. The van der Waals surface area contributed by atoms with Crippen molar-refractivity contribution in [2.45, 2.75) is 13.3 Å². The Labute approximate surface area is 104 Å². The predicted octanol–water partition coefficient (Wildman–Crippen LogP) is 0.316. The van der Waals surface area contributed by atoms with Gasteiger partial charge in [-0.2, -0.15) is 0 Å². The van der Waals surface area contributed by atoms with E-state index in [9.17, 15) is 4.79 Å². The summed E-state index contributed by atoms with van der Waals surface area (Å²) in [6, 6.07) is 0. The van der Waals surface area contributed by atoms with E-state index in [1.165, 1.54) is 12.0 Å². The van der Waals surface area contributed by atoms with Crippen LogP contribution in [0.4, 0.5) is 0 Å². The van der Waals surface area contributed by atoms with Crippen molar-refractivity contribution in [3.63, 3.8) is 0 Å². The van der Waals surface area contributed by atoms with Gasteiger partial charge in [-0.15, -0.1) is 0 Å². The molecule has 1 unspecified atom stereocenters. The van der Waals surface area contributed by atoms with Crippen LogP contribution in [0.25, 0.3) is 0 Å². The van der Waals surface area contributed by atoms with Gasteiger partial charge in [-0.25, -0.2) is 0 Å². The third-order valence-corrected chi connectivity index (χ3v) is 3.90. The number of likely N-dealkylation sites (N-methyl/N-ethyl adjacent to an activating group) is 1. The van der Waals surface area contributed by atoms with Gasteiger partial charge < -0.3 is 15.1 Å². The molecule has 2 fully saturated rings. The molecule has 2 aliphatic rings. The second kappa shape index (κ2) is 5.19. The highest BCUT2D eigenvalue weighted by Gasteiger charge is 2.24. The lowest BCUT2D eigenvalue weighted by atomic mass is 10.0. The fourth-order valence-corrected chi connectivity index (χ4v) is 2.60. The number of nitrogens with zero attached hydrogens (tertiary/aromatic N) is 2. The molecule has 0 radical (unpaired) electrons. The van der Waals surface area contributed by atoms with Crippen molar-refractivity contribution in [1.29, 1.82) is 0 Å². The van der Waals surface area contributed by atoms with Gasteiger partial charge >= 0.3 is 0 Å². The van der Waals surface area contributed by atoms with Crippen LogP contribution in [0.15, 0.2) is 11.1 Å². The Hall–Kier alpha value is -0.870. The second-order valence-electron chi connectivity index (χ2n) is 5.43. The summed E-state index contributed by atoms with van der Waals surface area (Å²) in [6.07, 6.45) is 1.21. The molecule has 0 aromatic heterocycles. The van der Waals surface area contributed by atoms with Crippen molar-refractivity contribution in [1.82, 2.24) is 15.1 Å². The molecule has 96 valence electrons. The van der Waals surface area contributed by atoms with Gasteiger partial charge in [0, 0.05) is 38.8 Å². The zero-order chi connectivity index (χ0) is 12.4. The molecule has 4 nitrogen and oxygen atoms in total. The van der Waals surface area contributed by atoms with Crippen LogP contribution < -0.4 is 5.32 Å². The Morgan fingerprint density at radius 3 is 2.71 bits per heavy atom. The standard InChI is InChI=1S/C13H23N3O/c1-10(12-6-14-7-12)13(17)16(3)9-11-4-5-15(2)8-11/h11,14H,4-9H2,1-3H3. The fourth-order valence-electron chi connectivity index (χ4n) is 2.60. The van der Waals surface area contributed by atoms with E-state index in [1.807, 2.05) is 18.9 Å². The van der Waals surface area contributed by atoms with E-state index in [1.54, 1.807) is 0 Å². The minimum Gasteiger partial charge on any atom is -0.342 e. The maximum Gasteiger partial charge on any atom is 0.249 e. The van der Waals surface area contributed by atoms with Gasteiger partial charge in [0.1, 0.15) is 0 Å². The van der Waals surface area contributed by atoms with Gasteiger partial charge in [0.2, 0.25) is 5.91 Å². The van der Waals surface area contributed by atoms with Gasteiger partial charge in [-0.05, 0) is 38.4 Å². The minimum absolute atomic E-state index is 0.205. The number of likely N-dealkylation sites (tertiary alicyclic amines) is 1. The first kappa shape index (κ1) is 12.6. The lowest BCUT2D eigenvalue weighted by molar-refractivity contribution is -0.126. The Balaban J connectivity index is 1.87. The average Bonchev–Trinajstić information content (AvgIpc) is 2.60. The molecule has 0 aromatic carbocycles. The molecule has 1 N–H and O–H groups in total. The SMILES string of the molecule is CC(C(=O)N(C)CC1CCN(C)C1)=C1CNC1. The molecule has 1 atom stereocenters. The summed E-state index contributed by atoms with van der Waals surface area (Å²) in [5.41, 5.74) is 2.21. The van der Waals surface area contributed by atoms with Crippen LogP contribution in [-0.2, 0) is 4.79 Å². The highest BCUT2D eigenvalue weighted by molar-refractivity contribution is 5.93. The summed E-state index contributed by atoms with van der Waals surface area (Å²) in [5.74, 6) is 0.849. The molecule has 2 heterocycles. The molecule has 0 saturated carbocycles. The third kappa shape index (κ3) is 2.87. The average molecular weight is 237 g/mol. The molecule has 1 amide bonds. The maximum absolute atomic E-state index is 12.2.